The van der Waals surface area contributed by atoms with E-state index in [9.17, 15) is 12.8 Å². The van der Waals surface area contributed by atoms with Gasteiger partial charge in [-0.25, -0.2) is 17.8 Å². The van der Waals surface area contributed by atoms with Gasteiger partial charge in [0.1, 0.15) is 11.0 Å². The Morgan fingerprint density at radius 2 is 2.05 bits per heavy atom. The monoisotopic (exact) mass is 393 g/mol. The molecule has 1 aromatic heterocycles. The zero-order valence-electron chi connectivity index (χ0n) is 10.7. The fraction of sp³-hybridized carbons (Fsp3) is 0.0833. The normalized spacial score (nSPS) is 11.4. The highest BCUT2D eigenvalue weighted by Gasteiger charge is 2.18. The molecule has 0 saturated heterocycles. The number of pyridine rings is 1. The summed E-state index contributed by atoms with van der Waals surface area (Å²) in [6, 6.07) is 3.55. The number of halogens is 3. The van der Waals surface area contributed by atoms with Crippen LogP contribution < -0.4 is 10.5 Å². The highest BCUT2D eigenvalue weighted by molar-refractivity contribution is 9.10. The van der Waals surface area contributed by atoms with Crippen molar-refractivity contribution < 1.29 is 12.8 Å². The first-order valence-electron chi connectivity index (χ1n) is 5.60. The van der Waals surface area contributed by atoms with Crippen molar-refractivity contribution in [2.75, 3.05) is 10.5 Å². The van der Waals surface area contributed by atoms with Crippen LogP contribution in [-0.2, 0) is 10.0 Å². The van der Waals surface area contributed by atoms with Gasteiger partial charge in [-0.15, -0.1) is 0 Å². The van der Waals surface area contributed by atoms with Crippen molar-refractivity contribution in [3.8, 4) is 0 Å². The first kappa shape index (κ1) is 16.0. The number of nitrogens with two attached hydrogens (primary N) is 1. The van der Waals surface area contributed by atoms with Crippen LogP contribution in [0.15, 0.2) is 33.8 Å². The van der Waals surface area contributed by atoms with Crippen molar-refractivity contribution in [2.24, 2.45) is 0 Å². The molecule has 1 aromatic carbocycles. The van der Waals surface area contributed by atoms with Crippen LogP contribution in [0.1, 0.15) is 5.56 Å². The summed E-state index contributed by atoms with van der Waals surface area (Å²) in [7, 11) is -3.98. The van der Waals surface area contributed by atoms with Gasteiger partial charge in [-0.2, -0.15) is 0 Å². The second-order valence-electron chi connectivity index (χ2n) is 4.22. The molecule has 3 N–H and O–H groups in total. The lowest BCUT2D eigenvalue weighted by Gasteiger charge is -2.10. The maximum absolute atomic E-state index is 13.6. The zero-order valence-corrected chi connectivity index (χ0v) is 13.9. The molecule has 112 valence electrons. The average molecular weight is 395 g/mol. The van der Waals surface area contributed by atoms with Crippen molar-refractivity contribution in [3.05, 3.63) is 45.4 Å². The van der Waals surface area contributed by atoms with Gasteiger partial charge in [0, 0.05) is 11.3 Å². The summed E-state index contributed by atoms with van der Waals surface area (Å²) in [5.74, 6) is -0.689. The Morgan fingerprint density at radius 3 is 2.62 bits per heavy atom. The predicted octanol–water partition coefficient (Wildman–Crippen LogP) is 3.33. The van der Waals surface area contributed by atoms with E-state index in [-0.39, 0.29) is 27.0 Å². The van der Waals surface area contributed by atoms with Gasteiger partial charge in [0.05, 0.1) is 21.3 Å². The van der Waals surface area contributed by atoms with Crippen molar-refractivity contribution >= 4 is 48.9 Å². The van der Waals surface area contributed by atoms with Crippen LogP contribution in [0.5, 0.6) is 0 Å². The number of nitrogens with one attached hydrogen (secondary N) is 1. The Labute approximate surface area is 134 Å². The molecule has 0 atom stereocenters. The molecule has 5 nitrogen and oxygen atoms in total. The average Bonchev–Trinajstić information content (AvgIpc) is 2.39. The fourth-order valence-corrected chi connectivity index (χ4v) is 3.05. The molecule has 0 saturated carbocycles. The molecule has 2 rings (SSSR count). The Bertz CT molecular complexity index is 791. The second-order valence-corrected chi connectivity index (χ2v) is 7.12. The molecule has 1 heterocycles. The van der Waals surface area contributed by atoms with Gasteiger partial charge < -0.3 is 5.73 Å². The van der Waals surface area contributed by atoms with E-state index in [1.165, 1.54) is 25.3 Å². The van der Waals surface area contributed by atoms with Crippen molar-refractivity contribution in [2.45, 2.75) is 11.8 Å². The topological polar surface area (TPSA) is 85.1 Å². The predicted molar refractivity (Wildman–Crippen MR) is 83.3 cm³/mol. The van der Waals surface area contributed by atoms with Crippen LogP contribution in [0.4, 0.5) is 15.8 Å². The number of rotatable bonds is 3. The lowest BCUT2D eigenvalue weighted by Crippen LogP contribution is -2.14. The number of hydrogen-bond acceptors (Lipinski definition) is 4. The molecule has 0 aliphatic carbocycles. The lowest BCUT2D eigenvalue weighted by atomic mass is 10.2. The van der Waals surface area contributed by atoms with Crippen LogP contribution in [0, 0.1) is 12.7 Å². The highest BCUT2D eigenvalue weighted by Crippen LogP contribution is 2.26. The maximum Gasteiger partial charge on any atom is 0.262 e. The summed E-state index contributed by atoms with van der Waals surface area (Å²) in [5, 5.41) is 0.198. The molecule has 0 spiro atoms. The number of nitrogen functional groups attached to an aromatic ring is 1. The number of hydrogen-bond donors (Lipinski definition) is 2. The van der Waals surface area contributed by atoms with Gasteiger partial charge in [0.15, 0.2) is 0 Å². The lowest BCUT2D eigenvalue weighted by molar-refractivity contribution is 0.593. The number of aromatic nitrogens is 1. The second kappa shape index (κ2) is 5.78. The Kier molecular flexibility index (Phi) is 4.40. The third kappa shape index (κ3) is 3.45. The molecule has 0 bridgehead atoms. The van der Waals surface area contributed by atoms with Gasteiger partial charge in [0.25, 0.3) is 10.0 Å². The van der Waals surface area contributed by atoms with Crippen LogP contribution in [0.2, 0.25) is 5.15 Å². The smallest absolute Gasteiger partial charge is 0.262 e. The summed E-state index contributed by atoms with van der Waals surface area (Å²) < 4.78 is 40.7. The van der Waals surface area contributed by atoms with E-state index in [0.717, 1.165) is 6.07 Å². The SMILES string of the molecule is Cc1c(N)cc(S(=O)(=O)Nc2cnc(Cl)c(Br)c2)cc1F. The van der Waals surface area contributed by atoms with E-state index in [2.05, 4.69) is 25.6 Å². The number of anilines is 2. The summed E-state index contributed by atoms with van der Waals surface area (Å²) in [4.78, 5) is 3.53. The number of benzene rings is 1. The quantitative estimate of drug-likeness (QED) is 0.618. The van der Waals surface area contributed by atoms with E-state index in [1.54, 1.807) is 0 Å². The Balaban J connectivity index is 2.40. The molecule has 9 heteroatoms. The third-order valence-corrected chi connectivity index (χ3v) is 5.21. The van der Waals surface area contributed by atoms with Gasteiger partial charge >= 0.3 is 0 Å². The zero-order chi connectivity index (χ0) is 15.8. The highest BCUT2D eigenvalue weighted by atomic mass is 79.9. The van der Waals surface area contributed by atoms with Crippen molar-refractivity contribution in [1.82, 2.24) is 4.98 Å². The molecular weight excluding hydrogens is 385 g/mol. The van der Waals surface area contributed by atoms with E-state index in [4.69, 9.17) is 17.3 Å². The molecule has 0 radical (unpaired) electrons. The summed E-state index contributed by atoms with van der Waals surface area (Å²) in [6.07, 6.45) is 1.25. The fourth-order valence-electron chi connectivity index (χ4n) is 1.52. The van der Waals surface area contributed by atoms with Crippen LogP contribution in [0.25, 0.3) is 0 Å². The minimum absolute atomic E-state index is 0.0609. The summed E-state index contributed by atoms with van der Waals surface area (Å²) in [6.45, 7) is 1.47. The van der Waals surface area contributed by atoms with Gasteiger partial charge in [-0.05, 0) is 41.1 Å². The number of nitrogens with zero attached hydrogens (tertiary/aromatic N) is 1. The van der Waals surface area contributed by atoms with Gasteiger partial charge in [0.2, 0.25) is 0 Å². The standard InChI is InChI=1S/C12H10BrClFN3O2S/c1-6-10(15)3-8(4-11(6)16)21(19,20)18-7-2-9(13)12(14)17-5-7/h2-5,18H,16H2,1H3. The molecule has 0 aliphatic rings. The Morgan fingerprint density at radius 1 is 1.38 bits per heavy atom. The Hall–Kier alpha value is -1.38. The van der Waals surface area contributed by atoms with Gasteiger partial charge in [-0.3, -0.25) is 4.72 Å². The van der Waals surface area contributed by atoms with Crippen molar-refractivity contribution in [3.63, 3.8) is 0 Å². The van der Waals surface area contributed by atoms with Gasteiger partial charge in [-0.1, -0.05) is 11.6 Å². The van der Waals surface area contributed by atoms with Crippen molar-refractivity contribution in [1.29, 1.82) is 0 Å². The molecule has 0 amide bonds. The van der Waals surface area contributed by atoms with E-state index in [1.807, 2.05) is 0 Å². The molecule has 0 aliphatic heterocycles. The van der Waals surface area contributed by atoms with E-state index >= 15 is 0 Å². The summed E-state index contributed by atoms with van der Waals surface area (Å²) >= 11 is 8.86. The minimum atomic E-state index is -3.98. The summed E-state index contributed by atoms with van der Waals surface area (Å²) in [5.41, 5.74) is 6.03. The maximum atomic E-state index is 13.6. The van der Waals surface area contributed by atoms with Crippen LogP contribution in [0.3, 0.4) is 0 Å². The first-order chi connectivity index (χ1) is 9.70. The van der Waals surface area contributed by atoms with E-state index in [0.29, 0.717) is 4.47 Å². The van der Waals surface area contributed by atoms with Crippen LogP contribution in [-0.4, -0.2) is 13.4 Å². The first-order valence-corrected chi connectivity index (χ1v) is 8.25. The van der Waals surface area contributed by atoms with Crippen LogP contribution >= 0.6 is 27.5 Å². The molecule has 2 aromatic rings. The van der Waals surface area contributed by atoms with E-state index < -0.39 is 15.8 Å². The molecular formula is C12H10BrClFN3O2S. The molecule has 0 unspecified atom stereocenters. The third-order valence-electron chi connectivity index (χ3n) is 2.72. The largest absolute Gasteiger partial charge is 0.398 e. The molecule has 21 heavy (non-hydrogen) atoms. The minimum Gasteiger partial charge on any atom is -0.398 e. The number of sulfonamides is 1. The molecule has 0 fully saturated rings.